The Morgan fingerprint density at radius 3 is 2.39 bits per heavy atom. The second-order valence-corrected chi connectivity index (χ2v) is 7.26. The van der Waals surface area contributed by atoms with Crippen molar-refractivity contribution < 1.29 is 38.8 Å². The largest absolute Gasteiger partial charge is 0.501 e. The maximum Gasteiger partial charge on any atom is 0.361 e. The molecule has 182 valence electrons. The Balaban J connectivity index is 2.46. The van der Waals surface area contributed by atoms with Gasteiger partial charge in [-0.05, 0) is 27.2 Å². The van der Waals surface area contributed by atoms with E-state index in [1.54, 1.807) is 25.7 Å². The van der Waals surface area contributed by atoms with Crippen molar-refractivity contribution in [3.05, 3.63) is 33.6 Å². The minimum Gasteiger partial charge on any atom is -0.501 e. The summed E-state index contributed by atoms with van der Waals surface area (Å²) in [5.74, 6) is -4.14. The molecule has 33 heavy (non-hydrogen) atoms. The number of carbonyl (C=O) groups is 3. The van der Waals surface area contributed by atoms with Gasteiger partial charge >= 0.3 is 17.9 Å². The summed E-state index contributed by atoms with van der Waals surface area (Å²) < 4.78 is 14.8. The van der Waals surface area contributed by atoms with Crippen LogP contribution in [0.3, 0.4) is 0 Å². The Labute approximate surface area is 190 Å². The van der Waals surface area contributed by atoms with Gasteiger partial charge < -0.3 is 34.3 Å². The number of aromatic nitrogens is 2. The standard InChI is InChI=1S/C21H29N3O9/c1-4-31-15(26)8-14(20(29)32-5-2)24-9-12(11-25)7-13(10-24)18-22-16(21(30)33-6-3)17(27)19(28)23-18/h8,12-13,25,27H,4-7,9-11H2,1-3H3,(H,22,23,28). The molecule has 0 spiro atoms. The third-order valence-electron chi connectivity index (χ3n) is 4.93. The first-order chi connectivity index (χ1) is 15.7. The Kier molecular flexibility index (Phi) is 9.40. The first-order valence-electron chi connectivity index (χ1n) is 10.7. The summed E-state index contributed by atoms with van der Waals surface area (Å²) >= 11 is 0. The maximum atomic E-state index is 12.6. The molecule has 0 saturated carbocycles. The first kappa shape index (κ1) is 25.8. The molecular weight excluding hydrogens is 438 g/mol. The van der Waals surface area contributed by atoms with Crippen LogP contribution in [-0.4, -0.2) is 82.5 Å². The zero-order chi connectivity index (χ0) is 24.5. The zero-order valence-electron chi connectivity index (χ0n) is 18.8. The van der Waals surface area contributed by atoms with Crippen molar-refractivity contribution in [2.24, 2.45) is 5.92 Å². The van der Waals surface area contributed by atoms with Gasteiger partial charge in [-0.1, -0.05) is 0 Å². The molecule has 12 nitrogen and oxygen atoms in total. The monoisotopic (exact) mass is 467 g/mol. The summed E-state index contributed by atoms with van der Waals surface area (Å²) in [4.78, 5) is 57.0. The molecule has 0 aliphatic carbocycles. The minimum atomic E-state index is -0.955. The molecule has 0 bridgehead atoms. The lowest BCUT2D eigenvalue weighted by molar-refractivity contribution is -0.142. The average Bonchev–Trinajstić information content (AvgIpc) is 2.79. The van der Waals surface area contributed by atoms with Crippen LogP contribution in [0.2, 0.25) is 0 Å². The number of ether oxygens (including phenoxy) is 3. The zero-order valence-corrected chi connectivity index (χ0v) is 18.8. The van der Waals surface area contributed by atoms with Gasteiger partial charge in [0.15, 0.2) is 5.69 Å². The van der Waals surface area contributed by atoms with Gasteiger partial charge in [0, 0.05) is 31.5 Å². The molecule has 2 rings (SSSR count). The molecule has 1 saturated heterocycles. The molecule has 1 aromatic rings. The molecule has 2 heterocycles. The number of H-pyrrole nitrogens is 1. The van der Waals surface area contributed by atoms with Crippen LogP contribution in [0.25, 0.3) is 0 Å². The molecule has 1 aliphatic rings. The summed E-state index contributed by atoms with van der Waals surface area (Å²) in [5, 5.41) is 19.8. The predicted octanol–water partition coefficient (Wildman–Crippen LogP) is 0.0601. The molecule has 3 N–H and O–H groups in total. The van der Waals surface area contributed by atoms with Crippen LogP contribution in [0.5, 0.6) is 5.75 Å². The molecule has 0 amide bonds. The highest BCUT2D eigenvalue weighted by molar-refractivity contribution is 5.96. The Morgan fingerprint density at radius 2 is 1.79 bits per heavy atom. The van der Waals surface area contributed by atoms with E-state index < -0.39 is 40.8 Å². The lowest BCUT2D eigenvalue weighted by Gasteiger charge is -2.38. The summed E-state index contributed by atoms with van der Waals surface area (Å²) in [6.07, 6.45) is 1.38. The van der Waals surface area contributed by atoms with E-state index in [0.29, 0.717) is 6.42 Å². The first-order valence-corrected chi connectivity index (χ1v) is 10.7. The molecule has 12 heteroatoms. The number of aliphatic hydroxyl groups excluding tert-OH is 1. The normalized spacial score (nSPS) is 18.5. The molecule has 1 fully saturated rings. The van der Waals surface area contributed by atoms with Crippen LogP contribution in [0.4, 0.5) is 0 Å². The number of piperidine rings is 1. The van der Waals surface area contributed by atoms with Crippen molar-refractivity contribution in [3.8, 4) is 5.75 Å². The second-order valence-electron chi connectivity index (χ2n) is 7.26. The highest BCUT2D eigenvalue weighted by Crippen LogP contribution is 2.31. The maximum absolute atomic E-state index is 12.6. The van der Waals surface area contributed by atoms with Crippen LogP contribution in [-0.2, 0) is 23.8 Å². The summed E-state index contributed by atoms with van der Waals surface area (Å²) in [5.41, 5.74) is -1.51. The number of likely N-dealkylation sites (tertiary alicyclic amines) is 1. The number of aliphatic hydroxyl groups is 1. The summed E-state index contributed by atoms with van der Waals surface area (Å²) in [6, 6.07) is 0. The van der Waals surface area contributed by atoms with Crippen molar-refractivity contribution in [3.63, 3.8) is 0 Å². The molecular formula is C21H29N3O9. The van der Waals surface area contributed by atoms with Gasteiger partial charge in [-0.3, -0.25) is 4.79 Å². The van der Waals surface area contributed by atoms with Crippen LogP contribution in [0.1, 0.15) is 49.4 Å². The van der Waals surface area contributed by atoms with Crippen molar-refractivity contribution in [1.29, 1.82) is 0 Å². The Hall–Kier alpha value is -3.41. The lowest BCUT2D eigenvalue weighted by atomic mass is 9.88. The van der Waals surface area contributed by atoms with Gasteiger partial charge in [-0.15, -0.1) is 0 Å². The number of carbonyl (C=O) groups excluding carboxylic acids is 3. The highest BCUT2D eigenvalue weighted by atomic mass is 16.5. The smallest absolute Gasteiger partial charge is 0.361 e. The van der Waals surface area contributed by atoms with Crippen molar-refractivity contribution >= 4 is 17.9 Å². The van der Waals surface area contributed by atoms with Crippen molar-refractivity contribution in [1.82, 2.24) is 14.9 Å². The van der Waals surface area contributed by atoms with Gasteiger partial charge in [0.05, 0.1) is 25.9 Å². The van der Waals surface area contributed by atoms with Gasteiger partial charge in [0.1, 0.15) is 11.5 Å². The van der Waals surface area contributed by atoms with E-state index in [9.17, 15) is 29.4 Å². The van der Waals surface area contributed by atoms with Crippen LogP contribution in [0, 0.1) is 5.92 Å². The fourth-order valence-electron chi connectivity index (χ4n) is 3.53. The van der Waals surface area contributed by atoms with E-state index in [1.165, 1.54) is 0 Å². The number of nitrogens with one attached hydrogen (secondary N) is 1. The number of hydrogen-bond acceptors (Lipinski definition) is 11. The second kappa shape index (κ2) is 12.0. The fourth-order valence-corrected chi connectivity index (χ4v) is 3.53. The lowest BCUT2D eigenvalue weighted by Crippen LogP contribution is -2.43. The minimum absolute atomic E-state index is 0.0213. The summed E-state index contributed by atoms with van der Waals surface area (Å²) in [6.45, 7) is 5.13. The van der Waals surface area contributed by atoms with E-state index in [0.717, 1.165) is 6.08 Å². The van der Waals surface area contributed by atoms with Gasteiger partial charge in [0.25, 0.3) is 5.56 Å². The Morgan fingerprint density at radius 1 is 1.12 bits per heavy atom. The SMILES string of the molecule is CCOC(=O)C=C(C(=O)OCC)N1CC(CO)CC(c2nc(C(=O)OCC)c(O)c(=O)[nH]2)C1. The fraction of sp³-hybridized carbons (Fsp3) is 0.571. The topological polar surface area (TPSA) is 168 Å². The third-order valence-corrected chi connectivity index (χ3v) is 4.93. The number of esters is 3. The van der Waals surface area contributed by atoms with Gasteiger partial charge in [-0.2, -0.15) is 0 Å². The van der Waals surface area contributed by atoms with Gasteiger partial charge in [0.2, 0.25) is 5.75 Å². The van der Waals surface area contributed by atoms with Crippen LogP contribution < -0.4 is 5.56 Å². The number of hydrogen-bond donors (Lipinski definition) is 3. The number of aromatic amines is 1. The van der Waals surface area contributed by atoms with E-state index in [2.05, 4.69) is 9.97 Å². The van der Waals surface area contributed by atoms with Crippen molar-refractivity contribution in [2.75, 3.05) is 39.5 Å². The molecule has 1 aromatic heterocycles. The number of aromatic hydroxyl groups is 1. The Bertz CT molecular complexity index is 957. The number of nitrogens with zero attached hydrogens (tertiary/aromatic N) is 2. The van der Waals surface area contributed by atoms with Crippen LogP contribution >= 0.6 is 0 Å². The molecule has 1 aliphatic heterocycles. The van der Waals surface area contributed by atoms with E-state index in [1.807, 2.05) is 0 Å². The highest BCUT2D eigenvalue weighted by Gasteiger charge is 2.34. The molecule has 2 unspecified atom stereocenters. The van der Waals surface area contributed by atoms with Gasteiger partial charge in [-0.25, -0.2) is 19.4 Å². The molecule has 0 radical (unpaired) electrons. The molecule has 0 aromatic carbocycles. The average molecular weight is 467 g/mol. The predicted molar refractivity (Wildman–Crippen MR) is 113 cm³/mol. The van der Waals surface area contributed by atoms with E-state index in [4.69, 9.17) is 14.2 Å². The van der Waals surface area contributed by atoms with E-state index >= 15 is 0 Å². The van der Waals surface area contributed by atoms with Crippen LogP contribution in [0.15, 0.2) is 16.6 Å². The molecule has 2 atom stereocenters. The summed E-state index contributed by atoms with van der Waals surface area (Å²) in [7, 11) is 0. The van der Waals surface area contributed by atoms with Crippen molar-refractivity contribution in [2.45, 2.75) is 33.1 Å². The third kappa shape index (κ3) is 6.54. The van der Waals surface area contributed by atoms with E-state index in [-0.39, 0.29) is 57.0 Å². The quantitative estimate of drug-likeness (QED) is 0.255. The number of rotatable bonds is 9.